The number of thiazole rings is 1. The standard InChI is InChI=1S/C19H17N3O3S2/c23-15(20-13-8-9-13)11-26-19-21-16(12-5-2-1-3-6-12)18(27-19)22-17(24)14-7-4-10-25-14/h1-7,10,13H,8-9,11H2,(H,20,23)(H,22,24). The van der Waals surface area contributed by atoms with Crippen LogP contribution < -0.4 is 10.6 Å². The van der Waals surface area contributed by atoms with Gasteiger partial charge in [-0.2, -0.15) is 0 Å². The molecular weight excluding hydrogens is 382 g/mol. The van der Waals surface area contributed by atoms with Gasteiger partial charge >= 0.3 is 0 Å². The third-order valence-electron chi connectivity index (χ3n) is 3.90. The lowest BCUT2D eigenvalue weighted by atomic mass is 10.2. The number of hydrogen-bond acceptors (Lipinski definition) is 6. The van der Waals surface area contributed by atoms with E-state index in [-0.39, 0.29) is 17.6 Å². The van der Waals surface area contributed by atoms with Crippen LogP contribution in [0.4, 0.5) is 5.00 Å². The summed E-state index contributed by atoms with van der Waals surface area (Å²) in [5.41, 5.74) is 1.59. The van der Waals surface area contributed by atoms with E-state index in [1.54, 1.807) is 12.1 Å². The summed E-state index contributed by atoms with van der Waals surface area (Å²) in [6.45, 7) is 0. The second kappa shape index (κ2) is 7.98. The molecule has 0 spiro atoms. The highest BCUT2D eigenvalue weighted by atomic mass is 32.2. The van der Waals surface area contributed by atoms with Crippen molar-refractivity contribution in [1.29, 1.82) is 0 Å². The zero-order valence-corrected chi connectivity index (χ0v) is 15.9. The summed E-state index contributed by atoms with van der Waals surface area (Å²) < 4.78 is 5.89. The van der Waals surface area contributed by atoms with E-state index < -0.39 is 0 Å². The molecule has 27 heavy (non-hydrogen) atoms. The summed E-state index contributed by atoms with van der Waals surface area (Å²) in [6, 6.07) is 13.3. The van der Waals surface area contributed by atoms with Crippen LogP contribution >= 0.6 is 23.1 Å². The summed E-state index contributed by atoms with van der Waals surface area (Å²) in [7, 11) is 0. The van der Waals surface area contributed by atoms with Gasteiger partial charge in [0.15, 0.2) is 10.1 Å². The largest absolute Gasteiger partial charge is 0.459 e. The predicted molar refractivity (Wildman–Crippen MR) is 106 cm³/mol. The maximum atomic E-state index is 12.4. The van der Waals surface area contributed by atoms with Gasteiger partial charge in [-0.1, -0.05) is 53.4 Å². The molecule has 0 radical (unpaired) electrons. The summed E-state index contributed by atoms with van der Waals surface area (Å²) >= 11 is 2.73. The van der Waals surface area contributed by atoms with Crippen LogP contribution in [-0.2, 0) is 4.79 Å². The van der Waals surface area contributed by atoms with E-state index in [1.807, 2.05) is 30.3 Å². The van der Waals surface area contributed by atoms with Gasteiger partial charge in [-0.15, -0.1) is 0 Å². The zero-order chi connectivity index (χ0) is 18.6. The fourth-order valence-electron chi connectivity index (χ4n) is 2.44. The van der Waals surface area contributed by atoms with Gasteiger partial charge in [0.25, 0.3) is 5.91 Å². The van der Waals surface area contributed by atoms with E-state index in [9.17, 15) is 9.59 Å². The molecule has 0 bridgehead atoms. The molecule has 8 heteroatoms. The SMILES string of the molecule is O=C(CSc1nc(-c2ccccc2)c(NC(=O)c2ccco2)s1)NC1CC1. The summed E-state index contributed by atoms with van der Waals surface area (Å²) in [5, 5.41) is 6.47. The van der Waals surface area contributed by atoms with Gasteiger partial charge in [0.1, 0.15) is 10.7 Å². The van der Waals surface area contributed by atoms with Gasteiger partial charge in [0.2, 0.25) is 5.91 Å². The Morgan fingerprint density at radius 3 is 2.70 bits per heavy atom. The summed E-state index contributed by atoms with van der Waals surface area (Å²) in [4.78, 5) is 28.9. The highest BCUT2D eigenvalue weighted by molar-refractivity contribution is 8.01. The van der Waals surface area contributed by atoms with E-state index in [4.69, 9.17) is 4.42 Å². The van der Waals surface area contributed by atoms with Crippen LogP contribution in [0.3, 0.4) is 0 Å². The van der Waals surface area contributed by atoms with Crippen LogP contribution in [0.25, 0.3) is 11.3 Å². The van der Waals surface area contributed by atoms with Gasteiger partial charge in [-0.3, -0.25) is 9.59 Å². The number of thioether (sulfide) groups is 1. The molecule has 2 N–H and O–H groups in total. The van der Waals surface area contributed by atoms with Gasteiger partial charge in [-0.25, -0.2) is 4.98 Å². The summed E-state index contributed by atoms with van der Waals surface area (Å²) in [6.07, 6.45) is 3.59. The third kappa shape index (κ3) is 4.58. The maximum absolute atomic E-state index is 12.4. The zero-order valence-electron chi connectivity index (χ0n) is 14.3. The van der Waals surface area contributed by atoms with Gasteiger partial charge in [0, 0.05) is 11.6 Å². The van der Waals surface area contributed by atoms with Crippen LogP contribution in [0.15, 0.2) is 57.5 Å². The second-order valence-electron chi connectivity index (χ2n) is 6.09. The number of nitrogens with one attached hydrogen (secondary N) is 2. The number of carbonyl (C=O) groups is 2. The van der Waals surface area contributed by atoms with Crippen molar-refractivity contribution in [1.82, 2.24) is 10.3 Å². The third-order valence-corrected chi connectivity index (χ3v) is 6.01. The number of hydrogen-bond donors (Lipinski definition) is 2. The first-order chi connectivity index (χ1) is 13.2. The van der Waals surface area contributed by atoms with Crippen LogP contribution in [0.2, 0.25) is 0 Å². The molecule has 1 fully saturated rings. The van der Waals surface area contributed by atoms with E-state index in [1.165, 1.54) is 29.4 Å². The number of furan rings is 1. The highest BCUT2D eigenvalue weighted by Gasteiger charge is 2.23. The molecule has 0 saturated heterocycles. The van der Waals surface area contributed by atoms with Crippen molar-refractivity contribution in [2.75, 3.05) is 11.1 Å². The molecule has 1 saturated carbocycles. The van der Waals surface area contributed by atoms with Crippen LogP contribution in [0.5, 0.6) is 0 Å². The molecule has 2 aromatic heterocycles. The van der Waals surface area contributed by atoms with Crippen LogP contribution in [-0.4, -0.2) is 28.6 Å². The molecule has 2 amide bonds. The predicted octanol–water partition coefficient (Wildman–Crippen LogP) is 4.03. The van der Waals surface area contributed by atoms with Crippen molar-refractivity contribution in [3.63, 3.8) is 0 Å². The maximum Gasteiger partial charge on any atom is 0.292 e. The number of benzene rings is 1. The van der Waals surface area contributed by atoms with E-state index in [0.717, 1.165) is 22.7 Å². The van der Waals surface area contributed by atoms with Crippen molar-refractivity contribution in [3.8, 4) is 11.3 Å². The number of anilines is 1. The number of rotatable bonds is 7. The van der Waals surface area contributed by atoms with Crippen molar-refractivity contribution in [2.24, 2.45) is 0 Å². The fourth-order valence-corrected chi connectivity index (χ4v) is 4.31. The molecule has 2 heterocycles. The van der Waals surface area contributed by atoms with Crippen molar-refractivity contribution >= 4 is 39.9 Å². The molecular formula is C19H17N3O3S2. The molecule has 1 aliphatic rings. The Morgan fingerprint density at radius 1 is 1.19 bits per heavy atom. The minimum absolute atomic E-state index is 0.0140. The van der Waals surface area contributed by atoms with Crippen molar-refractivity contribution in [3.05, 3.63) is 54.5 Å². The monoisotopic (exact) mass is 399 g/mol. The van der Waals surface area contributed by atoms with Crippen molar-refractivity contribution < 1.29 is 14.0 Å². The first-order valence-corrected chi connectivity index (χ1v) is 10.3. The average molecular weight is 399 g/mol. The lowest BCUT2D eigenvalue weighted by Gasteiger charge is -2.03. The Balaban J connectivity index is 1.53. The van der Waals surface area contributed by atoms with E-state index >= 15 is 0 Å². The Bertz CT molecular complexity index is 935. The number of carbonyl (C=O) groups excluding carboxylic acids is 2. The molecule has 1 aliphatic carbocycles. The molecule has 0 atom stereocenters. The normalized spacial score (nSPS) is 13.3. The van der Waals surface area contributed by atoms with Crippen molar-refractivity contribution in [2.45, 2.75) is 23.2 Å². The second-order valence-corrected chi connectivity index (χ2v) is 8.31. The molecule has 6 nitrogen and oxygen atoms in total. The lowest BCUT2D eigenvalue weighted by molar-refractivity contribution is -0.118. The fraction of sp³-hybridized carbons (Fsp3) is 0.211. The van der Waals surface area contributed by atoms with Crippen LogP contribution in [0, 0.1) is 0 Å². The molecule has 4 rings (SSSR count). The van der Waals surface area contributed by atoms with Gasteiger partial charge in [-0.05, 0) is 25.0 Å². The smallest absolute Gasteiger partial charge is 0.292 e. The molecule has 138 valence electrons. The topological polar surface area (TPSA) is 84.2 Å². The number of amides is 2. The van der Waals surface area contributed by atoms with Gasteiger partial charge in [0.05, 0.1) is 12.0 Å². The Labute approximate surface area is 164 Å². The Hall–Kier alpha value is -2.58. The molecule has 0 aliphatic heterocycles. The highest BCUT2D eigenvalue weighted by Crippen LogP contribution is 2.37. The Morgan fingerprint density at radius 2 is 2.00 bits per heavy atom. The van der Waals surface area contributed by atoms with E-state index in [0.29, 0.717) is 22.5 Å². The molecule has 0 unspecified atom stereocenters. The number of aromatic nitrogens is 1. The first-order valence-electron chi connectivity index (χ1n) is 8.52. The van der Waals surface area contributed by atoms with Crippen LogP contribution in [0.1, 0.15) is 23.4 Å². The minimum Gasteiger partial charge on any atom is -0.459 e. The molecule has 1 aromatic carbocycles. The Kier molecular flexibility index (Phi) is 5.26. The summed E-state index contributed by atoms with van der Waals surface area (Å²) in [5.74, 6) is 0.230. The quantitative estimate of drug-likeness (QED) is 0.586. The van der Waals surface area contributed by atoms with Gasteiger partial charge < -0.3 is 15.1 Å². The minimum atomic E-state index is -0.330. The molecule has 3 aromatic rings. The van der Waals surface area contributed by atoms with E-state index in [2.05, 4.69) is 15.6 Å². The first kappa shape index (κ1) is 17.8. The average Bonchev–Trinajstić information content (AvgIpc) is 3.17. The number of nitrogens with zero attached hydrogens (tertiary/aromatic N) is 1. The lowest BCUT2D eigenvalue weighted by Crippen LogP contribution is -2.26.